The number of ether oxygens (including phenoxy) is 2. The molecule has 1 N–H and O–H groups in total. The van der Waals surface area contributed by atoms with Gasteiger partial charge in [0.1, 0.15) is 0 Å². The highest BCUT2D eigenvalue weighted by atomic mass is 16.5. The molecule has 6 heteroatoms. The van der Waals surface area contributed by atoms with E-state index in [1.807, 2.05) is 17.0 Å². The van der Waals surface area contributed by atoms with Gasteiger partial charge in [0.05, 0.1) is 19.9 Å². The predicted octanol–water partition coefficient (Wildman–Crippen LogP) is 2.43. The lowest BCUT2D eigenvalue weighted by Gasteiger charge is -2.18. The van der Waals surface area contributed by atoms with Crippen molar-refractivity contribution in [3.05, 3.63) is 48.3 Å². The van der Waals surface area contributed by atoms with Gasteiger partial charge < -0.3 is 19.7 Å². The minimum absolute atomic E-state index is 0.00596. The number of aromatic nitrogens is 1. The van der Waals surface area contributed by atoms with Gasteiger partial charge in [-0.3, -0.25) is 9.78 Å². The predicted molar refractivity (Wildman–Crippen MR) is 91.7 cm³/mol. The first-order chi connectivity index (χ1) is 11.7. The van der Waals surface area contributed by atoms with Gasteiger partial charge in [0.2, 0.25) is 0 Å². The summed E-state index contributed by atoms with van der Waals surface area (Å²) in [6.07, 6.45) is 4.44. The number of rotatable bonds is 5. The molecular formula is C18H21N3O3. The zero-order valence-electron chi connectivity index (χ0n) is 13.9. The Morgan fingerprint density at radius 2 is 2.08 bits per heavy atom. The molecular weight excluding hydrogens is 306 g/mol. The molecule has 1 aromatic carbocycles. The molecule has 3 rings (SSSR count). The summed E-state index contributed by atoms with van der Waals surface area (Å²) >= 11 is 0. The highest BCUT2D eigenvalue weighted by Gasteiger charge is 2.27. The van der Waals surface area contributed by atoms with E-state index in [-0.39, 0.29) is 11.9 Å². The fourth-order valence-electron chi connectivity index (χ4n) is 2.90. The van der Waals surface area contributed by atoms with Crippen molar-refractivity contribution in [3.8, 4) is 11.5 Å². The smallest absolute Gasteiger partial charge is 0.254 e. The number of carbonyl (C=O) groups excluding carboxylic acids is 1. The molecule has 0 radical (unpaired) electrons. The molecule has 1 fully saturated rings. The first-order valence-electron chi connectivity index (χ1n) is 7.89. The summed E-state index contributed by atoms with van der Waals surface area (Å²) in [5, 5.41) is 3.42. The SMILES string of the molecule is COc1ccc(C(=O)N2CC[C@H](Nc3cccnc3)C2)cc1OC. The van der Waals surface area contributed by atoms with Gasteiger partial charge in [0.15, 0.2) is 11.5 Å². The summed E-state index contributed by atoms with van der Waals surface area (Å²) in [4.78, 5) is 18.7. The van der Waals surface area contributed by atoms with Crippen molar-refractivity contribution in [3.63, 3.8) is 0 Å². The zero-order valence-corrected chi connectivity index (χ0v) is 13.9. The standard InChI is InChI=1S/C18H21N3O3/c1-23-16-6-5-13(10-17(16)24-2)18(22)21-9-7-15(12-21)20-14-4-3-8-19-11-14/h3-6,8,10-11,15,20H,7,9,12H2,1-2H3/t15-/m0/s1. The van der Waals surface area contributed by atoms with Crippen LogP contribution in [0.15, 0.2) is 42.7 Å². The molecule has 1 amide bonds. The number of hydrogen-bond acceptors (Lipinski definition) is 5. The third kappa shape index (κ3) is 3.42. The number of nitrogens with one attached hydrogen (secondary N) is 1. The Hall–Kier alpha value is -2.76. The molecule has 1 aliphatic rings. The summed E-state index contributed by atoms with van der Waals surface area (Å²) in [7, 11) is 3.14. The van der Waals surface area contributed by atoms with E-state index in [1.54, 1.807) is 44.8 Å². The molecule has 1 saturated heterocycles. The van der Waals surface area contributed by atoms with Gasteiger partial charge in [-0.2, -0.15) is 0 Å². The molecule has 0 aliphatic carbocycles. The minimum Gasteiger partial charge on any atom is -0.493 e. The molecule has 24 heavy (non-hydrogen) atoms. The summed E-state index contributed by atoms with van der Waals surface area (Å²) in [6, 6.07) is 9.36. The van der Waals surface area contributed by atoms with Gasteiger partial charge in [0.25, 0.3) is 5.91 Å². The van der Waals surface area contributed by atoms with Gasteiger partial charge in [-0.25, -0.2) is 0 Å². The Kier molecular flexibility index (Phi) is 4.84. The summed E-state index contributed by atoms with van der Waals surface area (Å²) in [6.45, 7) is 1.40. The van der Waals surface area contributed by atoms with Gasteiger partial charge >= 0.3 is 0 Å². The van der Waals surface area contributed by atoms with Crippen molar-refractivity contribution >= 4 is 11.6 Å². The van der Waals surface area contributed by atoms with Crippen molar-refractivity contribution < 1.29 is 14.3 Å². The first kappa shape index (κ1) is 16.1. The maximum Gasteiger partial charge on any atom is 0.254 e. The van der Waals surface area contributed by atoms with E-state index >= 15 is 0 Å². The van der Waals surface area contributed by atoms with E-state index in [0.29, 0.717) is 23.6 Å². The van der Waals surface area contributed by atoms with Crippen LogP contribution < -0.4 is 14.8 Å². The molecule has 1 aliphatic heterocycles. The largest absolute Gasteiger partial charge is 0.493 e. The molecule has 0 saturated carbocycles. The molecule has 2 aromatic rings. The molecule has 0 unspecified atom stereocenters. The van der Waals surface area contributed by atoms with Crippen molar-refractivity contribution in [2.24, 2.45) is 0 Å². The third-order valence-electron chi connectivity index (χ3n) is 4.14. The number of pyridine rings is 1. The fraction of sp³-hybridized carbons (Fsp3) is 0.333. The summed E-state index contributed by atoms with van der Waals surface area (Å²) in [5.41, 5.74) is 1.58. The van der Waals surface area contributed by atoms with E-state index in [4.69, 9.17) is 9.47 Å². The lowest BCUT2D eigenvalue weighted by molar-refractivity contribution is 0.0791. The van der Waals surface area contributed by atoms with Crippen molar-refractivity contribution in [2.75, 3.05) is 32.6 Å². The van der Waals surface area contributed by atoms with Gasteiger partial charge in [0, 0.05) is 37.1 Å². The van der Waals surface area contributed by atoms with Crippen LogP contribution in [0.3, 0.4) is 0 Å². The Labute approximate surface area is 141 Å². The van der Waals surface area contributed by atoms with Crippen LogP contribution in [0.25, 0.3) is 0 Å². The van der Waals surface area contributed by atoms with Crippen LogP contribution in [0.1, 0.15) is 16.8 Å². The molecule has 2 heterocycles. The average Bonchev–Trinajstić information content (AvgIpc) is 3.09. The van der Waals surface area contributed by atoms with Crippen LogP contribution in [0.2, 0.25) is 0 Å². The Morgan fingerprint density at radius 1 is 1.25 bits per heavy atom. The number of hydrogen-bond donors (Lipinski definition) is 1. The lowest BCUT2D eigenvalue weighted by atomic mass is 10.1. The van der Waals surface area contributed by atoms with Crippen LogP contribution in [0, 0.1) is 0 Å². The summed E-state index contributed by atoms with van der Waals surface area (Å²) < 4.78 is 10.5. The fourth-order valence-corrected chi connectivity index (χ4v) is 2.90. The minimum atomic E-state index is 0.00596. The highest BCUT2D eigenvalue weighted by Crippen LogP contribution is 2.28. The Balaban J connectivity index is 1.66. The van der Waals surface area contributed by atoms with Crippen LogP contribution in [0.5, 0.6) is 11.5 Å². The normalized spacial score (nSPS) is 16.8. The summed E-state index contributed by atoms with van der Waals surface area (Å²) in [5.74, 6) is 1.19. The van der Waals surface area contributed by atoms with E-state index in [0.717, 1.165) is 18.7 Å². The number of anilines is 1. The lowest BCUT2D eigenvalue weighted by Crippen LogP contribution is -2.31. The zero-order chi connectivity index (χ0) is 16.9. The molecule has 1 aromatic heterocycles. The van der Waals surface area contributed by atoms with Crippen molar-refractivity contribution in [1.29, 1.82) is 0 Å². The topological polar surface area (TPSA) is 63.7 Å². The second-order valence-corrected chi connectivity index (χ2v) is 5.69. The Morgan fingerprint density at radius 3 is 2.79 bits per heavy atom. The number of methoxy groups -OCH3 is 2. The van der Waals surface area contributed by atoms with E-state index < -0.39 is 0 Å². The second-order valence-electron chi connectivity index (χ2n) is 5.69. The number of benzene rings is 1. The molecule has 126 valence electrons. The van der Waals surface area contributed by atoms with E-state index in [9.17, 15) is 4.79 Å². The molecule has 6 nitrogen and oxygen atoms in total. The van der Waals surface area contributed by atoms with Gasteiger partial charge in [-0.15, -0.1) is 0 Å². The van der Waals surface area contributed by atoms with Crippen molar-refractivity contribution in [2.45, 2.75) is 12.5 Å². The number of amides is 1. The molecule has 0 spiro atoms. The van der Waals surface area contributed by atoms with Crippen molar-refractivity contribution in [1.82, 2.24) is 9.88 Å². The Bertz CT molecular complexity index is 706. The van der Waals surface area contributed by atoms with E-state index in [1.165, 1.54) is 0 Å². The first-order valence-corrected chi connectivity index (χ1v) is 7.89. The second kappa shape index (κ2) is 7.21. The molecule has 0 bridgehead atoms. The highest BCUT2D eigenvalue weighted by molar-refractivity contribution is 5.95. The van der Waals surface area contributed by atoms with Crippen LogP contribution >= 0.6 is 0 Å². The quantitative estimate of drug-likeness (QED) is 0.914. The monoisotopic (exact) mass is 327 g/mol. The third-order valence-corrected chi connectivity index (χ3v) is 4.14. The van der Waals surface area contributed by atoms with Gasteiger partial charge in [-0.1, -0.05) is 0 Å². The van der Waals surface area contributed by atoms with Crippen LogP contribution in [-0.4, -0.2) is 49.1 Å². The van der Waals surface area contributed by atoms with Crippen LogP contribution in [0.4, 0.5) is 5.69 Å². The number of nitrogens with zero attached hydrogens (tertiary/aromatic N) is 2. The maximum absolute atomic E-state index is 12.7. The average molecular weight is 327 g/mol. The van der Waals surface area contributed by atoms with Crippen LogP contribution in [-0.2, 0) is 0 Å². The maximum atomic E-state index is 12.7. The molecule has 1 atom stereocenters. The van der Waals surface area contributed by atoms with E-state index in [2.05, 4.69) is 10.3 Å². The number of carbonyl (C=O) groups is 1. The van der Waals surface area contributed by atoms with Gasteiger partial charge in [-0.05, 0) is 36.8 Å². The number of likely N-dealkylation sites (tertiary alicyclic amines) is 1.